The van der Waals surface area contributed by atoms with Gasteiger partial charge in [0.1, 0.15) is 5.82 Å². The highest BCUT2D eigenvalue weighted by molar-refractivity contribution is 5.78. The largest absolute Gasteiger partial charge is 0.359 e. The number of nitrogens with zero attached hydrogens (tertiary/aromatic N) is 3. The second-order valence-electron chi connectivity index (χ2n) is 6.94. The molecule has 1 aromatic heterocycles. The normalized spacial score (nSPS) is 25.5. The van der Waals surface area contributed by atoms with Crippen molar-refractivity contribution < 1.29 is 4.79 Å². The number of hydrogen-bond donors (Lipinski definition) is 0. The predicted molar refractivity (Wildman–Crippen MR) is 88.9 cm³/mol. The molecule has 4 nitrogen and oxygen atoms in total. The van der Waals surface area contributed by atoms with E-state index < -0.39 is 0 Å². The molecule has 22 heavy (non-hydrogen) atoms. The number of aryl methyl sites for hydroxylation is 1. The third-order valence-electron chi connectivity index (χ3n) is 5.19. The minimum absolute atomic E-state index is 0.379. The van der Waals surface area contributed by atoms with Crippen LogP contribution < -0.4 is 4.90 Å². The molecule has 0 aromatic carbocycles. The Morgan fingerprint density at radius 1 is 1.27 bits per heavy atom. The third kappa shape index (κ3) is 3.42. The maximum atomic E-state index is 11.9. The third-order valence-corrected chi connectivity index (χ3v) is 5.19. The smallest absolute Gasteiger partial charge is 0.222 e. The van der Waals surface area contributed by atoms with E-state index in [0.29, 0.717) is 11.9 Å². The van der Waals surface area contributed by atoms with Gasteiger partial charge in [-0.15, -0.1) is 0 Å². The van der Waals surface area contributed by atoms with Gasteiger partial charge in [0, 0.05) is 38.8 Å². The second kappa shape index (κ2) is 6.67. The SMILES string of the molecule is Cc1ccc(N(C)CC2CCC(N3CCCC3=O)CC2)nc1. The zero-order chi connectivity index (χ0) is 15.5. The molecule has 0 unspecified atom stereocenters. The van der Waals surface area contributed by atoms with Gasteiger partial charge in [0.25, 0.3) is 0 Å². The van der Waals surface area contributed by atoms with Crippen molar-refractivity contribution in [3.05, 3.63) is 23.9 Å². The molecule has 4 heteroatoms. The molecular formula is C18H27N3O. The first-order valence-electron chi connectivity index (χ1n) is 8.57. The zero-order valence-electron chi connectivity index (χ0n) is 13.8. The van der Waals surface area contributed by atoms with Crippen LogP contribution in [0.3, 0.4) is 0 Å². The van der Waals surface area contributed by atoms with Crippen molar-refractivity contribution in [2.45, 2.75) is 51.5 Å². The van der Waals surface area contributed by atoms with E-state index in [1.807, 2.05) is 6.20 Å². The molecule has 0 bridgehead atoms. The Kier molecular flexibility index (Phi) is 4.65. The number of carbonyl (C=O) groups is 1. The quantitative estimate of drug-likeness (QED) is 0.858. The zero-order valence-corrected chi connectivity index (χ0v) is 13.8. The molecule has 1 saturated heterocycles. The van der Waals surface area contributed by atoms with E-state index in [9.17, 15) is 4.79 Å². The maximum Gasteiger partial charge on any atom is 0.222 e. The molecule has 1 amide bonds. The monoisotopic (exact) mass is 301 g/mol. The average Bonchev–Trinajstić information content (AvgIpc) is 2.95. The Morgan fingerprint density at radius 3 is 2.64 bits per heavy atom. The second-order valence-corrected chi connectivity index (χ2v) is 6.94. The van der Waals surface area contributed by atoms with Crippen LogP contribution in [0.5, 0.6) is 0 Å². The van der Waals surface area contributed by atoms with Crippen LogP contribution in [-0.2, 0) is 4.79 Å². The predicted octanol–water partition coefficient (Wildman–Crippen LogP) is 3.01. The van der Waals surface area contributed by atoms with Crippen molar-refractivity contribution in [3.63, 3.8) is 0 Å². The Labute approximate surface area is 133 Å². The van der Waals surface area contributed by atoms with Gasteiger partial charge < -0.3 is 9.80 Å². The summed E-state index contributed by atoms with van der Waals surface area (Å²) in [5, 5.41) is 0. The van der Waals surface area contributed by atoms with Crippen molar-refractivity contribution in [1.29, 1.82) is 0 Å². The standard InChI is InChI=1S/C18H27N3O/c1-14-5-10-17(19-12-14)20(2)13-15-6-8-16(9-7-15)21-11-3-4-18(21)22/h5,10,12,15-16H,3-4,6-9,11,13H2,1-2H3. The first-order chi connectivity index (χ1) is 10.6. The van der Waals surface area contributed by atoms with Crippen molar-refractivity contribution in [1.82, 2.24) is 9.88 Å². The molecule has 0 radical (unpaired) electrons. The Balaban J connectivity index is 1.49. The number of likely N-dealkylation sites (tertiary alicyclic amines) is 1. The summed E-state index contributed by atoms with van der Waals surface area (Å²) >= 11 is 0. The van der Waals surface area contributed by atoms with E-state index in [4.69, 9.17) is 0 Å². The first kappa shape index (κ1) is 15.3. The molecule has 3 rings (SSSR count). The van der Waals surface area contributed by atoms with Gasteiger partial charge in [-0.1, -0.05) is 6.07 Å². The Hall–Kier alpha value is -1.58. The molecule has 2 heterocycles. The molecule has 0 atom stereocenters. The van der Waals surface area contributed by atoms with Crippen LogP contribution in [0.1, 0.15) is 44.1 Å². The molecule has 1 aliphatic carbocycles. The minimum Gasteiger partial charge on any atom is -0.359 e. The van der Waals surface area contributed by atoms with Gasteiger partial charge in [-0.3, -0.25) is 4.79 Å². The first-order valence-corrected chi connectivity index (χ1v) is 8.57. The lowest BCUT2D eigenvalue weighted by molar-refractivity contribution is -0.130. The van der Waals surface area contributed by atoms with Crippen LogP contribution in [0.4, 0.5) is 5.82 Å². The van der Waals surface area contributed by atoms with Gasteiger partial charge in [-0.25, -0.2) is 4.98 Å². The summed E-state index contributed by atoms with van der Waals surface area (Å²) in [6, 6.07) is 4.73. The van der Waals surface area contributed by atoms with Crippen LogP contribution in [0.15, 0.2) is 18.3 Å². The van der Waals surface area contributed by atoms with E-state index in [-0.39, 0.29) is 0 Å². The average molecular weight is 301 g/mol. The Morgan fingerprint density at radius 2 is 2.05 bits per heavy atom. The molecule has 2 aliphatic rings. The summed E-state index contributed by atoms with van der Waals surface area (Å²) in [6.45, 7) is 4.12. The lowest BCUT2D eigenvalue weighted by atomic mass is 9.85. The summed E-state index contributed by atoms with van der Waals surface area (Å²) in [5.41, 5.74) is 1.20. The highest BCUT2D eigenvalue weighted by Crippen LogP contribution is 2.30. The van der Waals surface area contributed by atoms with Gasteiger partial charge in [0.2, 0.25) is 5.91 Å². The van der Waals surface area contributed by atoms with E-state index >= 15 is 0 Å². The molecule has 0 N–H and O–H groups in total. The highest BCUT2D eigenvalue weighted by Gasteiger charge is 2.31. The number of pyridine rings is 1. The van der Waals surface area contributed by atoms with E-state index in [1.165, 1.54) is 31.2 Å². The number of amides is 1. The Bertz CT molecular complexity index is 506. The summed E-state index contributed by atoms with van der Waals surface area (Å²) in [7, 11) is 2.13. The van der Waals surface area contributed by atoms with Crippen molar-refractivity contribution in [2.75, 3.05) is 25.0 Å². The van der Waals surface area contributed by atoms with Crippen molar-refractivity contribution in [3.8, 4) is 0 Å². The fourth-order valence-electron chi connectivity index (χ4n) is 3.86. The number of rotatable bonds is 4. The molecule has 1 saturated carbocycles. The summed E-state index contributed by atoms with van der Waals surface area (Å²) in [6.07, 6.45) is 8.55. The van der Waals surface area contributed by atoms with Gasteiger partial charge in [-0.2, -0.15) is 0 Å². The summed E-state index contributed by atoms with van der Waals surface area (Å²) in [4.78, 5) is 20.8. The molecule has 1 aliphatic heterocycles. The molecule has 2 fully saturated rings. The highest BCUT2D eigenvalue weighted by atomic mass is 16.2. The van der Waals surface area contributed by atoms with Crippen molar-refractivity contribution >= 4 is 11.7 Å². The number of carbonyl (C=O) groups excluding carboxylic acids is 1. The van der Waals surface area contributed by atoms with Gasteiger partial charge in [0.05, 0.1) is 0 Å². The van der Waals surface area contributed by atoms with Crippen LogP contribution in [-0.4, -0.2) is 42.0 Å². The van der Waals surface area contributed by atoms with Crippen LogP contribution >= 0.6 is 0 Å². The van der Waals surface area contributed by atoms with Gasteiger partial charge in [-0.05, 0) is 56.6 Å². The summed E-state index contributed by atoms with van der Waals surface area (Å²) in [5.74, 6) is 2.16. The van der Waals surface area contributed by atoms with Crippen molar-refractivity contribution in [2.24, 2.45) is 5.92 Å². The maximum absolute atomic E-state index is 11.9. The van der Waals surface area contributed by atoms with E-state index in [2.05, 4.69) is 40.9 Å². The number of anilines is 1. The fraction of sp³-hybridized carbons (Fsp3) is 0.667. The molecule has 120 valence electrons. The van der Waals surface area contributed by atoms with Crippen LogP contribution in [0.25, 0.3) is 0 Å². The minimum atomic E-state index is 0.379. The lowest BCUT2D eigenvalue weighted by Gasteiger charge is -2.36. The van der Waals surface area contributed by atoms with Gasteiger partial charge >= 0.3 is 0 Å². The van der Waals surface area contributed by atoms with E-state index in [0.717, 1.165) is 37.7 Å². The molecule has 0 spiro atoms. The van der Waals surface area contributed by atoms with E-state index in [1.54, 1.807) is 0 Å². The number of hydrogen-bond acceptors (Lipinski definition) is 3. The lowest BCUT2D eigenvalue weighted by Crippen LogP contribution is -2.40. The van der Waals surface area contributed by atoms with Crippen LogP contribution in [0.2, 0.25) is 0 Å². The fourth-order valence-corrected chi connectivity index (χ4v) is 3.86. The van der Waals surface area contributed by atoms with Crippen LogP contribution in [0, 0.1) is 12.8 Å². The summed E-state index contributed by atoms with van der Waals surface area (Å²) < 4.78 is 0. The molecule has 1 aromatic rings. The molecular weight excluding hydrogens is 274 g/mol. The topological polar surface area (TPSA) is 36.4 Å². The van der Waals surface area contributed by atoms with Gasteiger partial charge in [0.15, 0.2) is 0 Å². The number of aromatic nitrogens is 1.